The van der Waals surface area contributed by atoms with E-state index >= 15 is 0 Å². The topological polar surface area (TPSA) is 0 Å². The first-order valence-electron chi connectivity index (χ1n) is 3.76. The monoisotopic (exact) mass is 176 g/mol. The highest BCUT2D eigenvalue weighted by molar-refractivity contribution is 4.99. The molecule has 0 N–H and O–H groups in total. The second-order valence-corrected chi connectivity index (χ2v) is 1.15. The molecule has 0 heterocycles. The Hall–Kier alpha value is -0.920. The summed E-state index contributed by atoms with van der Waals surface area (Å²) in [6.07, 6.45) is 0. The van der Waals surface area contributed by atoms with E-state index in [9.17, 15) is 8.78 Å². The lowest BCUT2D eigenvalue weighted by Gasteiger charge is -1.69. The summed E-state index contributed by atoms with van der Waals surface area (Å²) in [5.74, 6) is 0. The van der Waals surface area contributed by atoms with E-state index in [1.165, 1.54) is 0 Å². The van der Waals surface area contributed by atoms with Gasteiger partial charge in [-0.25, -0.2) is 0 Å². The summed E-state index contributed by atoms with van der Waals surface area (Å²) in [6, 6.07) is 12.0. The third-order valence-corrected chi connectivity index (χ3v) is 0.667. The average molecular weight is 176 g/mol. The van der Waals surface area contributed by atoms with Crippen molar-refractivity contribution in [3.8, 4) is 0 Å². The van der Waals surface area contributed by atoms with Crippen molar-refractivity contribution in [3.05, 3.63) is 36.4 Å². The van der Waals surface area contributed by atoms with Gasteiger partial charge >= 0.3 is 0 Å². The van der Waals surface area contributed by atoms with Crippen molar-refractivity contribution in [3.63, 3.8) is 0 Å². The van der Waals surface area contributed by atoms with Crippen LogP contribution in [0.2, 0.25) is 0 Å². The summed E-state index contributed by atoms with van der Waals surface area (Å²) in [5, 5.41) is 0. The van der Waals surface area contributed by atoms with Crippen LogP contribution in [0.1, 0.15) is 13.8 Å². The fourth-order valence-electron chi connectivity index (χ4n) is 0.385. The third kappa shape index (κ3) is 23.0. The van der Waals surface area contributed by atoms with Crippen molar-refractivity contribution in [1.82, 2.24) is 0 Å². The molecule has 0 nitrogen and oxygen atoms in total. The molecule has 2 heteroatoms. The van der Waals surface area contributed by atoms with Crippen molar-refractivity contribution in [2.45, 2.75) is 13.8 Å². The van der Waals surface area contributed by atoms with Crippen LogP contribution in [-0.2, 0) is 0 Å². The fraction of sp³-hybridized carbons (Fsp3) is 0.400. The molecule has 0 spiro atoms. The normalized spacial score (nSPS) is 5.50. The molecule has 0 aromatic heterocycles. The minimum absolute atomic E-state index is 0.500. The minimum atomic E-state index is 0.500. The second-order valence-electron chi connectivity index (χ2n) is 1.15. The molecule has 0 amide bonds. The van der Waals surface area contributed by atoms with Gasteiger partial charge in [0.2, 0.25) is 0 Å². The van der Waals surface area contributed by atoms with Gasteiger partial charge in [0.1, 0.15) is 0 Å². The molecule has 12 heavy (non-hydrogen) atoms. The van der Waals surface area contributed by atoms with E-state index < -0.39 is 0 Å². The molecule has 0 bridgehead atoms. The lowest BCUT2D eigenvalue weighted by atomic mass is 10.4. The molecule has 1 aromatic carbocycles. The first-order valence-corrected chi connectivity index (χ1v) is 3.76. The van der Waals surface area contributed by atoms with Gasteiger partial charge in [-0.3, -0.25) is 8.78 Å². The highest BCUT2D eigenvalue weighted by Gasteiger charge is 1.57. The van der Waals surface area contributed by atoms with Crippen LogP contribution in [-0.4, -0.2) is 14.4 Å². The van der Waals surface area contributed by atoms with Gasteiger partial charge in [-0.1, -0.05) is 50.2 Å². The molecule has 1 aromatic rings. The predicted molar refractivity (Wildman–Crippen MR) is 51.9 cm³/mol. The summed E-state index contributed by atoms with van der Waals surface area (Å²) in [4.78, 5) is 0. The van der Waals surface area contributed by atoms with E-state index in [4.69, 9.17) is 0 Å². The molecular formula is C10H18F2. The number of hydrogen-bond acceptors (Lipinski definition) is 0. The van der Waals surface area contributed by atoms with Gasteiger partial charge in [0.05, 0.1) is 14.4 Å². The molecule has 0 radical (unpaired) electrons. The Kier molecular flexibility index (Phi) is 46.3. The highest BCUT2D eigenvalue weighted by Crippen LogP contribution is 1.79. The Morgan fingerprint density at radius 1 is 0.500 bits per heavy atom. The standard InChI is InChI=1S/C6H6.C2H6.2CH3F/c1-2-4-6-5-3-1;3*1-2/h1-6H;1-2H3;2*1H3. The molecular weight excluding hydrogens is 158 g/mol. The van der Waals surface area contributed by atoms with Crippen LogP contribution >= 0.6 is 0 Å². The maximum absolute atomic E-state index is 9.50. The van der Waals surface area contributed by atoms with Gasteiger partial charge in [0.25, 0.3) is 0 Å². The summed E-state index contributed by atoms with van der Waals surface area (Å²) in [5.41, 5.74) is 0. The van der Waals surface area contributed by atoms with Crippen molar-refractivity contribution in [1.29, 1.82) is 0 Å². The Labute approximate surface area is 74.2 Å². The van der Waals surface area contributed by atoms with Crippen LogP contribution < -0.4 is 0 Å². The van der Waals surface area contributed by atoms with Crippen LogP contribution in [0.3, 0.4) is 0 Å². The highest BCUT2D eigenvalue weighted by atomic mass is 19.1. The van der Waals surface area contributed by atoms with E-state index in [2.05, 4.69) is 0 Å². The van der Waals surface area contributed by atoms with E-state index in [-0.39, 0.29) is 0 Å². The third-order valence-electron chi connectivity index (χ3n) is 0.667. The van der Waals surface area contributed by atoms with E-state index in [1.54, 1.807) is 0 Å². The smallest absolute Gasteiger partial charge is 0.0785 e. The molecule has 0 aliphatic rings. The first kappa shape index (κ1) is 17.2. The van der Waals surface area contributed by atoms with Gasteiger partial charge in [-0.05, 0) is 0 Å². The summed E-state index contributed by atoms with van der Waals surface area (Å²) in [7, 11) is 1.00. The van der Waals surface area contributed by atoms with Crippen molar-refractivity contribution >= 4 is 0 Å². The Morgan fingerprint density at radius 3 is 0.667 bits per heavy atom. The molecule has 72 valence electrons. The van der Waals surface area contributed by atoms with Gasteiger partial charge in [0, 0.05) is 0 Å². The molecule has 0 saturated heterocycles. The zero-order valence-electron chi connectivity index (χ0n) is 8.22. The van der Waals surface area contributed by atoms with Crippen molar-refractivity contribution < 1.29 is 8.78 Å². The first-order chi connectivity index (χ1) is 6.00. The predicted octanol–water partition coefficient (Wildman–Crippen LogP) is 3.88. The second kappa shape index (κ2) is 32.2. The quantitative estimate of drug-likeness (QED) is 0.562. The minimum Gasteiger partial charge on any atom is -0.255 e. The summed E-state index contributed by atoms with van der Waals surface area (Å²) < 4.78 is 19.0. The molecule has 0 unspecified atom stereocenters. The van der Waals surface area contributed by atoms with Gasteiger partial charge in [-0.15, -0.1) is 0 Å². The molecule has 0 fully saturated rings. The lowest BCUT2D eigenvalue weighted by molar-refractivity contribution is 0.635. The van der Waals surface area contributed by atoms with Crippen LogP contribution in [0.15, 0.2) is 36.4 Å². The van der Waals surface area contributed by atoms with Gasteiger partial charge < -0.3 is 0 Å². The maximum Gasteiger partial charge on any atom is 0.0785 e. The fourth-order valence-corrected chi connectivity index (χ4v) is 0.385. The molecule has 0 atom stereocenters. The van der Waals surface area contributed by atoms with Gasteiger partial charge in [-0.2, -0.15) is 0 Å². The molecule has 0 aliphatic heterocycles. The zero-order valence-corrected chi connectivity index (χ0v) is 8.22. The van der Waals surface area contributed by atoms with Crippen LogP contribution in [0, 0.1) is 0 Å². The number of rotatable bonds is 0. The summed E-state index contributed by atoms with van der Waals surface area (Å²) in [6.45, 7) is 4.00. The van der Waals surface area contributed by atoms with Crippen LogP contribution in [0.5, 0.6) is 0 Å². The Balaban J connectivity index is -0.000000117. The number of hydrogen-bond donors (Lipinski definition) is 0. The van der Waals surface area contributed by atoms with E-state index in [0.29, 0.717) is 14.4 Å². The number of benzene rings is 1. The van der Waals surface area contributed by atoms with E-state index in [0.717, 1.165) is 0 Å². The van der Waals surface area contributed by atoms with Crippen molar-refractivity contribution in [2.24, 2.45) is 0 Å². The average Bonchev–Trinajstić information content (AvgIpc) is 2.29. The zero-order chi connectivity index (χ0) is 10.2. The summed E-state index contributed by atoms with van der Waals surface area (Å²) >= 11 is 0. The van der Waals surface area contributed by atoms with Crippen LogP contribution in [0.25, 0.3) is 0 Å². The van der Waals surface area contributed by atoms with Gasteiger partial charge in [0.15, 0.2) is 0 Å². The molecule has 1 rings (SSSR count). The van der Waals surface area contributed by atoms with Crippen molar-refractivity contribution in [2.75, 3.05) is 14.4 Å². The maximum atomic E-state index is 9.50. The lowest BCUT2D eigenvalue weighted by Crippen LogP contribution is -1.47. The number of halogens is 2. The SMILES string of the molecule is CC.CF.CF.c1ccccc1. The van der Waals surface area contributed by atoms with Crippen LogP contribution in [0.4, 0.5) is 8.78 Å². The molecule has 0 saturated carbocycles. The van der Waals surface area contributed by atoms with E-state index in [1.807, 2.05) is 50.2 Å². The molecule has 0 aliphatic carbocycles. The Bertz CT molecular complexity index is 79.8. The Morgan fingerprint density at radius 2 is 0.583 bits per heavy atom. The number of alkyl halides is 2. The largest absolute Gasteiger partial charge is 0.255 e.